The number of rotatable bonds is 7. The number of esters is 1. The second-order valence-electron chi connectivity index (χ2n) is 7.66. The van der Waals surface area contributed by atoms with Crippen LogP contribution in [0.1, 0.15) is 36.9 Å². The lowest BCUT2D eigenvalue weighted by Crippen LogP contribution is -2.30. The Morgan fingerprint density at radius 3 is 2.56 bits per heavy atom. The summed E-state index contributed by atoms with van der Waals surface area (Å²) in [4.78, 5) is 25.5. The van der Waals surface area contributed by atoms with Gasteiger partial charge in [0.1, 0.15) is 18.8 Å². The summed E-state index contributed by atoms with van der Waals surface area (Å²) >= 11 is 0. The molecule has 0 radical (unpaired) electrons. The van der Waals surface area contributed by atoms with Crippen LogP contribution in [-0.4, -0.2) is 37.3 Å². The van der Waals surface area contributed by atoms with Crippen LogP contribution < -0.4 is 14.8 Å². The maximum absolute atomic E-state index is 12.9. The number of amides is 1. The summed E-state index contributed by atoms with van der Waals surface area (Å²) in [6, 6.07) is 12.4. The largest absolute Gasteiger partial charge is 0.486 e. The Labute approximate surface area is 185 Å². The topological polar surface area (TPSA) is 96.2 Å². The van der Waals surface area contributed by atoms with E-state index in [1.165, 1.54) is 6.92 Å². The van der Waals surface area contributed by atoms with Crippen LogP contribution in [0.25, 0.3) is 11.0 Å². The molecule has 4 rings (SSSR count). The number of ether oxygens (including phenoxy) is 4. The summed E-state index contributed by atoms with van der Waals surface area (Å²) in [5.74, 6) is -0.00384. The average molecular weight is 439 g/mol. The summed E-state index contributed by atoms with van der Waals surface area (Å²) in [7, 11) is 0. The van der Waals surface area contributed by atoms with Crippen molar-refractivity contribution in [3.05, 3.63) is 53.8 Å². The first kappa shape index (κ1) is 21.7. The lowest BCUT2D eigenvalue weighted by Gasteiger charge is -2.19. The van der Waals surface area contributed by atoms with E-state index < -0.39 is 18.0 Å². The van der Waals surface area contributed by atoms with E-state index in [0.717, 1.165) is 5.39 Å². The van der Waals surface area contributed by atoms with Crippen LogP contribution in [0.4, 0.5) is 5.69 Å². The van der Waals surface area contributed by atoms with E-state index in [1.807, 2.05) is 32.0 Å². The molecule has 0 spiro atoms. The third-order valence-corrected chi connectivity index (χ3v) is 4.91. The smallest absolute Gasteiger partial charge is 0.375 e. The Morgan fingerprint density at radius 1 is 1.03 bits per heavy atom. The van der Waals surface area contributed by atoms with Crippen LogP contribution in [-0.2, 0) is 20.9 Å². The zero-order valence-corrected chi connectivity index (χ0v) is 18.2. The molecule has 0 aliphatic carbocycles. The highest BCUT2D eigenvalue weighted by molar-refractivity contribution is 5.99. The van der Waals surface area contributed by atoms with Gasteiger partial charge in [0.2, 0.25) is 5.76 Å². The maximum atomic E-state index is 12.9. The van der Waals surface area contributed by atoms with Crippen LogP contribution >= 0.6 is 0 Å². The van der Waals surface area contributed by atoms with Gasteiger partial charge in [-0.2, -0.15) is 0 Å². The second kappa shape index (κ2) is 9.32. The van der Waals surface area contributed by atoms with Gasteiger partial charge in [0, 0.05) is 22.7 Å². The van der Waals surface area contributed by atoms with Crippen molar-refractivity contribution in [3.63, 3.8) is 0 Å². The van der Waals surface area contributed by atoms with Gasteiger partial charge in [-0.05, 0) is 39.0 Å². The first-order chi connectivity index (χ1) is 15.4. The summed E-state index contributed by atoms with van der Waals surface area (Å²) in [5, 5.41) is 3.49. The summed E-state index contributed by atoms with van der Waals surface area (Å²) in [6.07, 6.45) is -1.08. The fourth-order valence-electron chi connectivity index (χ4n) is 3.29. The van der Waals surface area contributed by atoms with Gasteiger partial charge in [0.05, 0.1) is 12.7 Å². The van der Waals surface area contributed by atoms with Gasteiger partial charge in [-0.1, -0.05) is 18.2 Å². The minimum atomic E-state index is -1.05. The lowest BCUT2D eigenvalue weighted by atomic mass is 10.1. The Hall–Kier alpha value is -3.52. The number of hydrogen-bond donors (Lipinski definition) is 1. The van der Waals surface area contributed by atoms with Crippen LogP contribution in [0.2, 0.25) is 0 Å². The van der Waals surface area contributed by atoms with Crippen molar-refractivity contribution in [2.75, 3.05) is 18.5 Å². The number of nitrogens with one attached hydrogen (secondary N) is 1. The molecule has 1 aliphatic heterocycles. The highest BCUT2D eigenvalue weighted by Crippen LogP contribution is 2.33. The summed E-state index contributed by atoms with van der Waals surface area (Å²) < 4.78 is 27.8. The normalized spacial score (nSPS) is 13.8. The van der Waals surface area contributed by atoms with Crippen molar-refractivity contribution in [2.45, 2.75) is 39.6 Å². The Bertz CT molecular complexity index is 1130. The average Bonchev–Trinajstić information content (AvgIpc) is 3.16. The minimum absolute atomic E-state index is 0.0248. The van der Waals surface area contributed by atoms with Crippen LogP contribution in [0.15, 0.2) is 46.9 Å². The van der Waals surface area contributed by atoms with E-state index in [-0.39, 0.29) is 18.5 Å². The SMILES string of the molecule is CC(C)OCc1c(C(=O)OC(C)C(=O)Nc2ccc3c(c2)OCCO3)oc2ccccc12. The van der Waals surface area contributed by atoms with E-state index >= 15 is 0 Å². The molecule has 2 heterocycles. The van der Waals surface area contributed by atoms with Crippen molar-refractivity contribution in [3.8, 4) is 11.5 Å². The molecule has 1 aliphatic rings. The van der Waals surface area contributed by atoms with Gasteiger partial charge in [-0.15, -0.1) is 0 Å². The van der Waals surface area contributed by atoms with Crippen molar-refractivity contribution < 1.29 is 33.0 Å². The fraction of sp³-hybridized carbons (Fsp3) is 0.333. The fourth-order valence-corrected chi connectivity index (χ4v) is 3.29. The summed E-state index contributed by atoms with van der Waals surface area (Å²) in [5.41, 5.74) is 1.66. The first-order valence-corrected chi connectivity index (χ1v) is 10.5. The highest BCUT2D eigenvalue weighted by Gasteiger charge is 2.26. The molecule has 1 N–H and O–H groups in total. The molecular formula is C24H25NO7. The standard InChI is InChI=1S/C24H25NO7/c1-14(2)30-13-18-17-6-4-5-7-19(17)32-22(18)24(27)31-15(3)23(26)25-16-8-9-20-21(12-16)29-11-10-28-20/h4-9,12,14-15H,10-11,13H2,1-3H3,(H,25,26). The molecule has 0 fully saturated rings. The lowest BCUT2D eigenvalue weighted by molar-refractivity contribution is -0.123. The van der Waals surface area contributed by atoms with Gasteiger partial charge in [0.15, 0.2) is 17.6 Å². The molecule has 1 atom stereocenters. The van der Waals surface area contributed by atoms with Gasteiger partial charge in [-0.3, -0.25) is 4.79 Å². The van der Waals surface area contributed by atoms with Crippen molar-refractivity contribution in [1.29, 1.82) is 0 Å². The molecule has 32 heavy (non-hydrogen) atoms. The predicted molar refractivity (Wildman–Crippen MR) is 117 cm³/mol. The molecule has 168 valence electrons. The highest BCUT2D eigenvalue weighted by atomic mass is 16.6. The summed E-state index contributed by atoms with van der Waals surface area (Å²) in [6.45, 7) is 6.43. The number of carbonyl (C=O) groups excluding carboxylic acids is 2. The van der Waals surface area contributed by atoms with Crippen molar-refractivity contribution in [1.82, 2.24) is 0 Å². The van der Waals surface area contributed by atoms with Crippen molar-refractivity contribution in [2.24, 2.45) is 0 Å². The number of para-hydroxylation sites is 1. The molecule has 0 bridgehead atoms. The number of anilines is 1. The molecule has 1 unspecified atom stereocenters. The van der Waals surface area contributed by atoms with Crippen LogP contribution in [0.5, 0.6) is 11.5 Å². The van der Waals surface area contributed by atoms with E-state index in [4.69, 9.17) is 23.4 Å². The molecule has 2 aromatic carbocycles. The first-order valence-electron chi connectivity index (χ1n) is 10.5. The van der Waals surface area contributed by atoms with E-state index in [9.17, 15) is 9.59 Å². The molecule has 0 saturated carbocycles. The monoisotopic (exact) mass is 439 g/mol. The van der Waals surface area contributed by atoms with Gasteiger partial charge in [0.25, 0.3) is 5.91 Å². The van der Waals surface area contributed by atoms with Gasteiger partial charge >= 0.3 is 5.97 Å². The Kier molecular flexibility index (Phi) is 6.32. The zero-order chi connectivity index (χ0) is 22.7. The quantitative estimate of drug-likeness (QED) is 0.548. The van der Waals surface area contributed by atoms with E-state index in [2.05, 4.69) is 5.32 Å². The molecule has 1 amide bonds. The molecular weight excluding hydrogens is 414 g/mol. The Balaban J connectivity index is 1.46. The van der Waals surface area contributed by atoms with E-state index in [1.54, 1.807) is 24.3 Å². The zero-order valence-electron chi connectivity index (χ0n) is 18.2. The molecule has 8 heteroatoms. The third-order valence-electron chi connectivity index (χ3n) is 4.91. The Morgan fingerprint density at radius 2 is 1.78 bits per heavy atom. The van der Waals surface area contributed by atoms with Gasteiger partial charge in [-0.25, -0.2) is 4.79 Å². The third kappa shape index (κ3) is 4.70. The van der Waals surface area contributed by atoms with Gasteiger partial charge < -0.3 is 28.7 Å². The number of carbonyl (C=O) groups is 2. The molecule has 1 aromatic heterocycles. The van der Waals surface area contributed by atoms with Crippen LogP contribution in [0.3, 0.4) is 0 Å². The predicted octanol–water partition coefficient (Wildman–Crippen LogP) is 4.31. The second-order valence-corrected chi connectivity index (χ2v) is 7.66. The van der Waals surface area contributed by atoms with E-state index in [0.29, 0.717) is 41.5 Å². The molecule has 3 aromatic rings. The minimum Gasteiger partial charge on any atom is -0.486 e. The molecule has 0 saturated heterocycles. The number of hydrogen-bond acceptors (Lipinski definition) is 7. The van der Waals surface area contributed by atoms with Crippen LogP contribution in [0, 0.1) is 0 Å². The molecule has 8 nitrogen and oxygen atoms in total. The maximum Gasteiger partial charge on any atom is 0.375 e. The number of furan rings is 1. The van der Waals surface area contributed by atoms with Crippen molar-refractivity contribution >= 4 is 28.5 Å². The number of benzene rings is 2. The number of fused-ring (bicyclic) bond motifs is 2.